The molecule has 0 N–H and O–H groups in total. The fraction of sp³-hybridized carbons (Fsp3) is 0.312. The summed E-state index contributed by atoms with van der Waals surface area (Å²) in [6.07, 6.45) is 0.808. The normalized spacial score (nSPS) is 12.6. The van der Waals surface area contributed by atoms with Gasteiger partial charge in [0.2, 0.25) is 0 Å². The Labute approximate surface area is 117 Å². The lowest BCUT2D eigenvalue weighted by atomic mass is 9.98. The Kier molecular flexibility index (Phi) is 3.01. The molecule has 104 valence electrons. The van der Waals surface area contributed by atoms with E-state index in [9.17, 15) is 4.79 Å². The zero-order chi connectivity index (χ0) is 14.3. The predicted molar refractivity (Wildman–Crippen MR) is 75.9 cm³/mol. The zero-order valence-electron chi connectivity index (χ0n) is 11.9. The van der Waals surface area contributed by atoms with E-state index in [1.807, 2.05) is 18.2 Å². The minimum atomic E-state index is 0.0848. The molecule has 1 aliphatic rings. The van der Waals surface area contributed by atoms with E-state index in [-0.39, 0.29) is 5.78 Å². The van der Waals surface area contributed by atoms with Crippen LogP contribution in [0.2, 0.25) is 0 Å². The van der Waals surface area contributed by atoms with Crippen LogP contribution in [0.4, 0.5) is 0 Å². The number of ketones is 1. The van der Waals surface area contributed by atoms with E-state index in [0.29, 0.717) is 6.54 Å². The van der Waals surface area contributed by atoms with Crippen molar-refractivity contribution in [3.05, 3.63) is 46.8 Å². The highest BCUT2D eigenvalue weighted by Crippen LogP contribution is 2.37. The highest BCUT2D eigenvalue weighted by molar-refractivity contribution is 5.92. The van der Waals surface area contributed by atoms with Gasteiger partial charge in [-0.1, -0.05) is 6.07 Å². The van der Waals surface area contributed by atoms with Crippen LogP contribution in [0.1, 0.15) is 34.2 Å². The van der Waals surface area contributed by atoms with Crippen LogP contribution < -0.4 is 9.47 Å². The molecule has 4 nitrogen and oxygen atoms in total. The molecule has 0 bridgehead atoms. The molecule has 2 aromatic rings. The number of carbonyl (C=O) groups excluding carboxylic acids is 1. The maximum absolute atomic E-state index is 11.7. The number of aromatic nitrogens is 1. The van der Waals surface area contributed by atoms with E-state index in [4.69, 9.17) is 9.47 Å². The van der Waals surface area contributed by atoms with Crippen molar-refractivity contribution in [1.82, 2.24) is 4.57 Å². The lowest BCUT2D eigenvalue weighted by molar-refractivity contribution is 0.100. The predicted octanol–water partition coefficient (Wildman–Crippen LogP) is 2.66. The second-order valence-electron chi connectivity index (χ2n) is 4.97. The molecule has 2 heterocycles. The summed E-state index contributed by atoms with van der Waals surface area (Å²) in [4.78, 5) is 11.7. The van der Waals surface area contributed by atoms with E-state index in [0.717, 1.165) is 34.9 Å². The van der Waals surface area contributed by atoms with E-state index in [1.54, 1.807) is 21.1 Å². The van der Waals surface area contributed by atoms with Gasteiger partial charge in [0.15, 0.2) is 17.3 Å². The molecule has 1 aromatic heterocycles. The second-order valence-corrected chi connectivity index (χ2v) is 4.97. The maximum Gasteiger partial charge on any atom is 0.176 e. The Bertz CT molecular complexity index is 685. The molecule has 1 aliphatic heterocycles. The molecule has 20 heavy (non-hydrogen) atoms. The Morgan fingerprint density at radius 2 is 1.95 bits per heavy atom. The molecule has 0 amide bonds. The van der Waals surface area contributed by atoms with Crippen molar-refractivity contribution in [2.24, 2.45) is 0 Å². The van der Waals surface area contributed by atoms with Gasteiger partial charge in [-0.3, -0.25) is 4.79 Å². The van der Waals surface area contributed by atoms with Crippen molar-refractivity contribution < 1.29 is 14.3 Å². The van der Waals surface area contributed by atoms with E-state index in [1.165, 1.54) is 5.56 Å². The van der Waals surface area contributed by atoms with Gasteiger partial charge in [0, 0.05) is 24.6 Å². The van der Waals surface area contributed by atoms with Crippen molar-refractivity contribution in [3.8, 4) is 11.5 Å². The Balaban J connectivity index is 2.13. The Morgan fingerprint density at radius 1 is 1.15 bits per heavy atom. The lowest BCUT2D eigenvalue weighted by Crippen LogP contribution is -2.18. The van der Waals surface area contributed by atoms with Crippen LogP contribution in [-0.4, -0.2) is 24.6 Å². The summed E-state index contributed by atoms with van der Waals surface area (Å²) in [5, 5.41) is 0. The Hall–Kier alpha value is -2.23. The molecule has 0 radical (unpaired) electrons. The van der Waals surface area contributed by atoms with Crippen LogP contribution in [0.3, 0.4) is 0 Å². The van der Waals surface area contributed by atoms with E-state index < -0.39 is 0 Å². The molecule has 0 saturated carbocycles. The quantitative estimate of drug-likeness (QED) is 0.688. The highest BCUT2D eigenvalue weighted by atomic mass is 16.5. The monoisotopic (exact) mass is 271 g/mol. The number of carbonyl (C=O) groups is 1. The summed E-state index contributed by atoms with van der Waals surface area (Å²) in [7, 11) is 3.28. The van der Waals surface area contributed by atoms with Crippen molar-refractivity contribution >= 4 is 5.78 Å². The molecular formula is C16H17NO3. The van der Waals surface area contributed by atoms with Gasteiger partial charge in [-0.25, -0.2) is 0 Å². The SMILES string of the molecule is COc1ccc2c(c1OC)Cn1c(ccc1C(C)=O)C2. The molecule has 0 saturated heterocycles. The van der Waals surface area contributed by atoms with E-state index in [2.05, 4.69) is 10.6 Å². The molecular weight excluding hydrogens is 254 g/mol. The molecule has 3 rings (SSSR count). The van der Waals surface area contributed by atoms with Gasteiger partial charge in [-0.2, -0.15) is 0 Å². The first-order valence-electron chi connectivity index (χ1n) is 6.57. The third-order valence-electron chi connectivity index (χ3n) is 3.87. The first-order chi connectivity index (χ1) is 9.65. The fourth-order valence-corrected chi connectivity index (χ4v) is 2.88. The minimum Gasteiger partial charge on any atom is -0.493 e. The number of benzene rings is 1. The van der Waals surface area contributed by atoms with Gasteiger partial charge in [0.25, 0.3) is 0 Å². The summed E-state index contributed by atoms with van der Waals surface area (Å²) in [5.74, 6) is 1.58. The van der Waals surface area contributed by atoms with Crippen LogP contribution >= 0.6 is 0 Å². The standard InChI is InChI=1S/C16H17NO3/c1-10(18)14-6-5-12-8-11-4-7-15(19-2)16(20-3)13(11)9-17(12)14/h4-7H,8-9H2,1-3H3. The average Bonchev–Trinajstić information content (AvgIpc) is 2.86. The van der Waals surface area contributed by atoms with Gasteiger partial charge < -0.3 is 14.0 Å². The van der Waals surface area contributed by atoms with Crippen LogP contribution in [0.15, 0.2) is 24.3 Å². The number of nitrogens with zero attached hydrogens (tertiary/aromatic N) is 1. The fourth-order valence-electron chi connectivity index (χ4n) is 2.88. The number of rotatable bonds is 3. The first-order valence-corrected chi connectivity index (χ1v) is 6.57. The van der Waals surface area contributed by atoms with Gasteiger partial charge in [-0.05, 0) is 23.8 Å². The summed E-state index contributed by atoms with van der Waals surface area (Å²) >= 11 is 0. The van der Waals surface area contributed by atoms with E-state index >= 15 is 0 Å². The third-order valence-corrected chi connectivity index (χ3v) is 3.87. The number of methoxy groups -OCH3 is 2. The van der Waals surface area contributed by atoms with Crippen molar-refractivity contribution in [3.63, 3.8) is 0 Å². The molecule has 0 atom stereocenters. The average molecular weight is 271 g/mol. The van der Waals surface area contributed by atoms with Crippen LogP contribution in [-0.2, 0) is 13.0 Å². The van der Waals surface area contributed by atoms with Crippen LogP contribution in [0.5, 0.6) is 11.5 Å². The van der Waals surface area contributed by atoms with Crippen molar-refractivity contribution in [2.45, 2.75) is 19.9 Å². The minimum absolute atomic E-state index is 0.0848. The van der Waals surface area contributed by atoms with Gasteiger partial charge in [0.1, 0.15) is 0 Å². The molecule has 0 spiro atoms. The molecule has 0 unspecified atom stereocenters. The van der Waals surface area contributed by atoms with Gasteiger partial charge in [0.05, 0.1) is 26.5 Å². The van der Waals surface area contributed by atoms with Crippen LogP contribution in [0.25, 0.3) is 0 Å². The number of hydrogen-bond acceptors (Lipinski definition) is 3. The Morgan fingerprint density at radius 3 is 2.60 bits per heavy atom. The maximum atomic E-state index is 11.7. The number of fused-ring (bicyclic) bond motifs is 2. The summed E-state index contributed by atoms with van der Waals surface area (Å²) in [6.45, 7) is 2.24. The molecule has 0 aliphatic carbocycles. The van der Waals surface area contributed by atoms with Gasteiger partial charge >= 0.3 is 0 Å². The van der Waals surface area contributed by atoms with Crippen LogP contribution in [0, 0.1) is 0 Å². The number of Topliss-reactive ketones (excluding diaryl/α,β-unsaturated/α-hetero) is 1. The zero-order valence-corrected chi connectivity index (χ0v) is 11.9. The number of ether oxygens (including phenoxy) is 2. The van der Waals surface area contributed by atoms with Crippen molar-refractivity contribution in [1.29, 1.82) is 0 Å². The van der Waals surface area contributed by atoms with Crippen molar-refractivity contribution in [2.75, 3.05) is 14.2 Å². The molecule has 4 heteroatoms. The number of hydrogen-bond donors (Lipinski definition) is 0. The second kappa shape index (κ2) is 4.71. The third kappa shape index (κ3) is 1.80. The lowest BCUT2D eigenvalue weighted by Gasteiger charge is -2.24. The summed E-state index contributed by atoms with van der Waals surface area (Å²) in [6, 6.07) is 7.92. The topological polar surface area (TPSA) is 40.5 Å². The summed E-state index contributed by atoms with van der Waals surface area (Å²) < 4.78 is 12.9. The smallest absolute Gasteiger partial charge is 0.176 e. The molecule has 1 aromatic carbocycles. The highest BCUT2D eigenvalue weighted by Gasteiger charge is 2.23. The first kappa shape index (κ1) is 12.8. The summed E-state index contributed by atoms with van der Waals surface area (Å²) in [5.41, 5.74) is 4.23. The largest absolute Gasteiger partial charge is 0.493 e. The van der Waals surface area contributed by atoms with Gasteiger partial charge in [-0.15, -0.1) is 0 Å². The molecule has 0 fully saturated rings.